The van der Waals surface area contributed by atoms with E-state index in [9.17, 15) is 19.4 Å². The number of hydrogen-bond donors (Lipinski definition) is 2. The Hall–Kier alpha value is -2.58. The lowest BCUT2D eigenvalue weighted by atomic mass is 10.0. The zero-order chi connectivity index (χ0) is 66.9. The summed E-state index contributed by atoms with van der Waals surface area (Å²) in [6, 6.07) is -0.909. The number of nitrogens with zero attached hydrogens (tertiary/aromatic N) is 1. The number of aliphatic hydroxyl groups is 1. The molecule has 92 heavy (non-hydrogen) atoms. The molecule has 3 atom stereocenters. The van der Waals surface area contributed by atoms with Gasteiger partial charge in [0.15, 0.2) is 0 Å². The first-order valence-electron chi connectivity index (χ1n) is 39.6. The molecule has 0 aromatic heterocycles. The molecule has 0 aliphatic carbocycles. The average Bonchev–Trinajstić information content (AvgIpc) is 2.63. The Kier molecular flexibility index (Phi) is 70.6. The van der Waals surface area contributed by atoms with Crippen LogP contribution >= 0.6 is 7.82 Å². The van der Waals surface area contributed by atoms with Gasteiger partial charge in [0.1, 0.15) is 13.2 Å². The number of allylic oxidation sites excluding steroid dienone is 15. The number of amides is 1. The maximum absolute atomic E-state index is 13.1. The van der Waals surface area contributed by atoms with Crippen molar-refractivity contribution >= 4 is 13.7 Å². The van der Waals surface area contributed by atoms with E-state index in [1.165, 1.54) is 276 Å². The van der Waals surface area contributed by atoms with Crippen molar-refractivity contribution in [3.05, 3.63) is 97.2 Å². The Morgan fingerprint density at radius 2 is 0.674 bits per heavy atom. The summed E-state index contributed by atoms with van der Waals surface area (Å²) in [7, 11) is 1.25. The number of quaternary nitrogens is 1. The van der Waals surface area contributed by atoms with Crippen LogP contribution in [0.15, 0.2) is 97.2 Å². The summed E-state index contributed by atoms with van der Waals surface area (Å²) in [6.45, 7) is 4.56. The third-order valence-electron chi connectivity index (χ3n) is 17.8. The van der Waals surface area contributed by atoms with Crippen LogP contribution in [-0.4, -0.2) is 68.5 Å². The van der Waals surface area contributed by atoms with E-state index < -0.39 is 26.6 Å². The molecule has 0 radical (unpaired) electrons. The van der Waals surface area contributed by atoms with Gasteiger partial charge in [0.25, 0.3) is 7.82 Å². The third kappa shape index (κ3) is 74.8. The SMILES string of the molecule is CC/C=C\C/C=C\C/C=C\C/C=C\C/C=C\C/C=C\CCCCCCCCCCCCCCCCCCCCCCC(=O)NC(COP(=O)([O-])OCC[N+](C)(C)C)C(O)/C=C/CC/C=C/CCCCCCCCCCCCCCCCCCCCCCCCCCC. The fraction of sp³-hybridized carbons (Fsp3) is 0.795. The standard InChI is InChI=1S/C83H153N2O6P/c1-6-8-10-12-14-16-18-20-22-24-26-28-30-32-34-36-38-39-40-41-42-43-44-45-47-49-51-53-55-57-59-61-63-65-67-69-71-73-75-77-83(87)84-81(80-91-92(88,89)90-79-78-85(3,4)5)82(86)76-74-72-70-68-66-64-62-60-58-56-54-52-50-48-46-37-35-33-31-29-27-25-23-21-19-17-15-13-11-9-7-2/h8,10,14,16,20,22,26,28,32,34,38-39,66,68,74,76,81-82,86H,6-7,9,11-13,15,17-19,21,23-25,27,29-31,33,35-37,40-65,67,69-73,75,77-80H2,1-5H3,(H-,84,87,88,89)/b10-8-,16-14-,22-20-,28-26-,34-32-,39-38-,68-66+,76-74+. The number of carbonyl (C=O) groups is 1. The molecule has 2 N–H and O–H groups in total. The molecule has 0 rings (SSSR count). The molecule has 0 saturated carbocycles. The second-order valence-corrected chi connectivity index (χ2v) is 29.4. The van der Waals surface area contributed by atoms with Gasteiger partial charge in [-0.15, -0.1) is 0 Å². The summed E-state index contributed by atoms with van der Waals surface area (Å²) < 4.78 is 23.5. The van der Waals surface area contributed by atoms with Crippen molar-refractivity contribution in [1.29, 1.82) is 0 Å². The average molecular weight is 1310 g/mol. The molecule has 0 aliphatic rings. The molecule has 1 amide bonds. The first-order valence-corrected chi connectivity index (χ1v) is 41.1. The van der Waals surface area contributed by atoms with Gasteiger partial charge in [0, 0.05) is 6.42 Å². The molecule has 3 unspecified atom stereocenters. The van der Waals surface area contributed by atoms with Crippen molar-refractivity contribution in [2.45, 2.75) is 386 Å². The van der Waals surface area contributed by atoms with Gasteiger partial charge < -0.3 is 28.8 Å². The molecule has 0 bridgehead atoms. The summed E-state index contributed by atoms with van der Waals surface area (Å²) in [6.07, 6.45) is 106. The molecule has 0 heterocycles. The van der Waals surface area contributed by atoms with Gasteiger partial charge in [-0.05, 0) is 83.5 Å². The van der Waals surface area contributed by atoms with E-state index >= 15 is 0 Å². The predicted molar refractivity (Wildman–Crippen MR) is 403 cm³/mol. The van der Waals surface area contributed by atoms with Gasteiger partial charge >= 0.3 is 0 Å². The lowest BCUT2D eigenvalue weighted by Crippen LogP contribution is -2.45. The Balaban J connectivity index is 4.00. The molecule has 0 aromatic rings. The minimum Gasteiger partial charge on any atom is -0.756 e. The van der Waals surface area contributed by atoms with Gasteiger partial charge in [0.05, 0.1) is 39.9 Å². The zero-order valence-electron chi connectivity index (χ0n) is 61.5. The molecule has 8 nitrogen and oxygen atoms in total. The third-order valence-corrected chi connectivity index (χ3v) is 18.7. The van der Waals surface area contributed by atoms with Crippen molar-refractivity contribution in [3.8, 4) is 0 Å². The van der Waals surface area contributed by atoms with Crippen LogP contribution in [0.2, 0.25) is 0 Å². The summed E-state index contributed by atoms with van der Waals surface area (Å²) in [5.74, 6) is -0.203. The quantitative estimate of drug-likeness (QED) is 0.0272. The van der Waals surface area contributed by atoms with Crippen LogP contribution in [0.5, 0.6) is 0 Å². The van der Waals surface area contributed by atoms with Crippen LogP contribution in [0.3, 0.4) is 0 Å². The fourth-order valence-corrected chi connectivity index (χ4v) is 12.4. The normalized spacial score (nSPS) is 14.0. The first-order chi connectivity index (χ1) is 45.0. The molecular weight excluding hydrogens is 1150 g/mol. The highest BCUT2D eigenvalue weighted by atomic mass is 31.2. The molecular formula is C83H153N2O6P. The smallest absolute Gasteiger partial charge is 0.268 e. The van der Waals surface area contributed by atoms with Gasteiger partial charge in [0.2, 0.25) is 5.91 Å². The topological polar surface area (TPSA) is 108 Å². The number of likely N-dealkylation sites (N-methyl/N-ethyl adjacent to an activating group) is 1. The highest BCUT2D eigenvalue weighted by Crippen LogP contribution is 2.38. The first kappa shape index (κ1) is 89.4. The minimum atomic E-state index is -4.62. The fourth-order valence-electron chi connectivity index (χ4n) is 11.7. The van der Waals surface area contributed by atoms with Crippen molar-refractivity contribution in [2.24, 2.45) is 0 Å². The highest BCUT2D eigenvalue weighted by molar-refractivity contribution is 7.45. The maximum Gasteiger partial charge on any atom is 0.268 e. The van der Waals surface area contributed by atoms with Gasteiger partial charge in [-0.2, -0.15) is 0 Å². The minimum absolute atomic E-state index is 0.00738. The molecule has 0 fully saturated rings. The number of rotatable bonds is 73. The number of nitrogens with one attached hydrogen (secondary N) is 1. The van der Waals surface area contributed by atoms with Crippen LogP contribution < -0.4 is 10.2 Å². The molecule has 0 aromatic carbocycles. The zero-order valence-corrected chi connectivity index (χ0v) is 62.4. The number of carbonyl (C=O) groups excluding carboxylic acids is 1. The van der Waals surface area contributed by atoms with E-state index in [4.69, 9.17) is 9.05 Å². The number of phosphoric acid groups is 1. The number of aliphatic hydroxyl groups excluding tert-OH is 1. The van der Waals surface area contributed by atoms with Gasteiger partial charge in [-0.1, -0.05) is 381 Å². The highest BCUT2D eigenvalue weighted by Gasteiger charge is 2.23. The van der Waals surface area contributed by atoms with Crippen LogP contribution in [-0.2, 0) is 18.4 Å². The Bertz CT molecular complexity index is 1830. The van der Waals surface area contributed by atoms with E-state index in [1.54, 1.807) is 6.08 Å². The van der Waals surface area contributed by atoms with Crippen LogP contribution in [0.1, 0.15) is 373 Å². The second kappa shape index (κ2) is 72.7. The largest absolute Gasteiger partial charge is 0.756 e. The van der Waals surface area contributed by atoms with Crippen LogP contribution in [0, 0.1) is 0 Å². The molecule has 0 aliphatic heterocycles. The van der Waals surface area contributed by atoms with E-state index in [-0.39, 0.29) is 12.5 Å². The molecule has 9 heteroatoms. The number of phosphoric ester groups is 1. The van der Waals surface area contributed by atoms with Crippen molar-refractivity contribution in [1.82, 2.24) is 5.32 Å². The number of hydrogen-bond acceptors (Lipinski definition) is 6. The monoisotopic (exact) mass is 1310 g/mol. The van der Waals surface area contributed by atoms with Crippen LogP contribution in [0.4, 0.5) is 0 Å². The summed E-state index contributed by atoms with van der Waals surface area (Å²) in [5.41, 5.74) is 0. The predicted octanol–water partition coefficient (Wildman–Crippen LogP) is 25.4. The van der Waals surface area contributed by atoms with E-state index in [0.29, 0.717) is 17.4 Å². The van der Waals surface area contributed by atoms with E-state index in [0.717, 1.165) is 77.0 Å². The van der Waals surface area contributed by atoms with Crippen molar-refractivity contribution in [2.75, 3.05) is 40.9 Å². The van der Waals surface area contributed by atoms with E-state index in [2.05, 4.69) is 104 Å². The Morgan fingerprint density at radius 3 is 1.01 bits per heavy atom. The van der Waals surface area contributed by atoms with Gasteiger partial charge in [-0.3, -0.25) is 9.36 Å². The summed E-state index contributed by atoms with van der Waals surface area (Å²) in [4.78, 5) is 25.7. The number of unbranched alkanes of at least 4 members (excludes halogenated alkanes) is 46. The lowest BCUT2D eigenvalue weighted by molar-refractivity contribution is -0.870. The Labute approximate surface area is 572 Å². The van der Waals surface area contributed by atoms with Crippen molar-refractivity contribution < 1.29 is 32.9 Å². The molecule has 0 saturated heterocycles. The van der Waals surface area contributed by atoms with Crippen molar-refractivity contribution in [3.63, 3.8) is 0 Å². The second-order valence-electron chi connectivity index (χ2n) is 28.0. The molecule has 536 valence electrons. The lowest BCUT2D eigenvalue weighted by Gasteiger charge is -2.29. The maximum atomic E-state index is 13.1. The summed E-state index contributed by atoms with van der Waals surface area (Å²) >= 11 is 0. The van der Waals surface area contributed by atoms with Crippen LogP contribution in [0.25, 0.3) is 0 Å². The summed E-state index contributed by atoms with van der Waals surface area (Å²) in [5, 5.41) is 14.0. The Morgan fingerprint density at radius 1 is 0.391 bits per heavy atom. The molecule has 0 spiro atoms. The van der Waals surface area contributed by atoms with E-state index in [1.807, 2.05) is 27.2 Å². The van der Waals surface area contributed by atoms with Gasteiger partial charge in [-0.25, -0.2) is 0 Å².